The summed E-state index contributed by atoms with van der Waals surface area (Å²) in [7, 11) is 2.10. The van der Waals surface area contributed by atoms with Crippen LogP contribution in [0.4, 0.5) is 5.13 Å². The van der Waals surface area contributed by atoms with E-state index in [1.54, 1.807) is 11.3 Å². The molecule has 4 nitrogen and oxygen atoms in total. The van der Waals surface area contributed by atoms with E-state index in [1.807, 2.05) is 6.92 Å². The summed E-state index contributed by atoms with van der Waals surface area (Å²) >= 11 is 1.74. The Morgan fingerprint density at radius 1 is 1.52 bits per heavy atom. The summed E-state index contributed by atoms with van der Waals surface area (Å²) in [5, 5.41) is 1.04. The molecule has 118 valence electrons. The van der Waals surface area contributed by atoms with Crippen molar-refractivity contribution in [2.24, 2.45) is 0 Å². The Balaban J connectivity index is 2.20. The van der Waals surface area contributed by atoms with Crippen LogP contribution in [0.25, 0.3) is 0 Å². The van der Waals surface area contributed by atoms with Crippen LogP contribution in [0.15, 0.2) is 0 Å². The molecular formula is C16H26N2O2S. The fourth-order valence-corrected chi connectivity index (χ4v) is 4.06. The number of aryl methyl sites for hydroxylation is 1. The van der Waals surface area contributed by atoms with Gasteiger partial charge in [0.2, 0.25) is 0 Å². The number of thiazole rings is 1. The highest BCUT2D eigenvalue weighted by Gasteiger charge is 2.32. The number of aromatic nitrogens is 1. The topological polar surface area (TPSA) is 42.4 Å². The lowest BCUT2D eigenvalue weighted by atomic mass is 9.91. The standard InChI is InChI=1S/C16H26N2O2S/c1-5-8-11(3)18(4)16-17-14-12(15(19)20-6-2)9-7-10-13(14)21-16/h11-12H,5-10H2,1-4H3. The fraction of sp³-hybridized carbons (Fsp3) is 0.750. The van der Waals surface area contributed by atoms with Gasteiger partial charge >= 0.3 is 5.97 Å². The van der Waals surface area contributed by atoms with Gasteiger partial charge in [0.05, 0.1) is 12.3 Å². The molecular weight excluding hydrogens is 284 g/mol. The average molecular weight is 310 g/mol. The molecule has 0 aliphatic heterocycles. The van der Waals surface area contributed by atoms with Crippen LogP contribution >= 0.6 is 11.3 Å². The molecule has 1 aromatic heterocycles. The largest absolute Gasteiger partial charge is 0.465 e. The molecule has 1 aromatic rings. The van der Waals surface area contributed by atoms with E-state index in [0.717, 1.165) is 36.5 Å². The first-order valence-electron chi connectivity index (χ1n) is 7.97. The number of esters is 1. The van der Waals surface area contributed by atoms with Crippen molar-refractivity contribution in [3.05, 3.63) is 10.6 Å². The number of carbonyl (C=O) groups is 1. The van der Waals surface area contributed by atoms with Crippen LogP contribution in [-0.2, 0) is 16.0 Å². The molecule has 2 atom stereocenters. The lowest BCUT2D eigenvalue weighted by Gasteiger charge is -2.23. The number of rotatable bonds is 6. The van der Waals surface area contributed by atoms with E-state index in [1.165, 1.54) is 11.3 Å². The summed E-state index contributed by atoms with van der Waals surface area (Å²) in [5.74, 6) is -0.270. The molecule has 1 heterocycles. The second-order valence-electron chi connectivity index (χ2n) is 5.75. The Labute approximate surface area is 131 Å². The van der Waals surface area contributed by atoms with E-state index in [0.29, 0.717) is 12.6 Å². The van der Waals surface area contributed by atoms with Gasteiger partial charge in [0.1, 0.15) is 5.92 Å². The minimum absolute atomic E-state index is 0.112. The highest BCUT2D eigenvalue weighted by Crippen LogP contribution is 2.38. The van der Waals surface area contributed by atoms with Crippen molar-refractivity contribution in [1.82, 2.24) is 4.98 Å². The van der Waals surface area contributed by atoms with Crippen LogP contribution in [0.3, 0.4) is 0 Å². The summed E-state index contributed by atoms with van der Waals surface area (Å²) in [4.78, 5) is 20.4. The van der Waals surface area contributed by atoms with Crippen molar-refractivity contribution >= 4 is 22.4 Å². The zero-order chi connectivity index (χ0) is 15.4. The van der Waals surface area contributed by atoms with E-state index in [9.17, 15) is 4.79 Å². The molecule has 0 saturated carbocycles. The number of hydrogen-bond donors (Lipinski definition) is 0. The molecule has 0 bridgehead atoms. The number of ether oxygens (including phenoxy) is 1. The Bertz CT molecular complexity index is 487. The predicted molar refractivity (Wildman–Crippen MR) is 87.2 cm³/mol. The van der Waals surface area contributed by atoms with Crippen LogP contribution in [0.1, 0.15) is 62.9 Å². The van der Waals surface area contributed by atoms with Gasteiger partial charge in [-0.15, -0.1) is 11.3 Å². The second kappa shape index (κ2) is 7.25. The third-order valence-electron chi connectivity index (χ3n) is 4.18. The molecule has 1 aliphatic carbocycles. The molecule has 0 aromatic carbocycles. The average Bonchev–Trinajstić information content (AvgIpc) is 2.90. The van der Waals surface area contributed by atoms with Crippen LogP contribution in [0.2, 0.25) is 0 Å². The third-order valence-corrected chi connectivity index (χ3v) is 5.40. The van der Waals surface area contributed by atoms with Crippen LogP contribution in [0, 0.1) is 0 Å². The van der Waals surface area contributed by atoms with Crippen LogP contribution < -0.4 is 4.90 Å². The number of fused-ring (bicyclic) bond motifs is 1. The Morgan fingerprint density at radius 3 is 2.95 bits per heavy atom. The number of carbonyl (C=O) groups excluding carboxylic acids is 1. The van der Waals surface area contributed by atoms with Crippen molar-refractivity contribution in [3.63, 3.8) is 0 Å². The van der Waals surface area contributed by atoms with Gasteiger partial charge in [-0.3, -0.25) is 4.79 Å². The lowest BCUT2D eigenvalue weighted by Crippen LogP contribution is -2.28. The first-order valence-corrected chi connectivity index (χ1v) is 8.79. The van der Waals surface area contributed by atoms with Crippen molar-refractivity contribution < 1.29 is 9.53 Å². The first-order chi connectivity index (χ1) is 10.1. The molecule has 0 fully saturated rings. The van der Waals surface area contributed by atoms with Gasteiger partial charge in [0, 0.05) is 18.0 Å². The quantitative estimate of drug-likeness (QED) is 0.751. The van der Waals surface area contributed by atoms with Crippen molar-refractivity contribution in [2.45, 2.75) is 64.8 Å². The van der Waals surface area contributed by atoms with Crippen molar-refractivity contribution in [3.8, 4) is 0 Å². The summed E-state index contributed by atoms with van der Waals surface area (Å²) in [5.41, 5.74) is 0.968. The smallest absolute Gasteiger partial charge is 0.315 e. The van der Waals surface area contributed by atoms with Gasteiger partial charge in [0.25, 0.3) is 0 Å². The molecule has 0 radical (unpaired) electrons. The maximum atomic E-state index is 12.1. The maximum Gasteiger partial charge on any atom is 0.315 e. The molecule has 2 rings (SSSR count). The van der Waals surface area contributed by atoms with Gasteiger partial charge < -0.3 is 9.64 Å². The molecule has 2 unspecified atom stereocenters. The molecule has 5 heteroatoms. The third kappa shape index (κ3) is 3.57. The number of nitrogens with zero attached hydrogens (tertiary/aromatic N) is 2. The minimum atomic E-state index is -0.159. The summed E-state index contributed by atoms with van der Waals surface area (Å²) in [6, 6.07) is 0.476. The van der Waals surface area contributed by atoms with Crippen LogP contribution in [0.5, 0.6) is 0 Å². The van der Waals surface area contributed by atoms with Crippen molar-refractivity contribution in [2.75, 3.05) is 18.6 Å². The molecule has 21 heavy (non-hydrogen) atoms. The zero-order valence-corrected chi connectivity index (χ0v) is 14.3. The van der Waals surface area contributed by atoms with Crippen LogP contribution in [-0.4, -0.2) is 30.6 Å². The van der Waals surface area contributed by atoms with E-state index < -0.39 is 0 Å². The van der Waals surface area contributed by atoms with E-state index >= 15 is 0 Å². The molecule has 0 amide bonds. The van der Waals surface area contributed by atoms with Gasteiger partial charge in [-0.25, -0.2) is 4.98 Å². The lowest BCUT2D eigenvalue weighted by molar-refractivity contribution is -0.145. The van der Waals surface area contributed by atoms with Gasteiger partial charge in [-0.1, -0.05) is 13.3 Å². The SMILES string of the molecule is CCCC(C)N(C)c1nc2c(s1)CCCC2C(=O)OCC. The second-order valence-corrected chi connectivity index (χ2v) is 6.81. The molecule has 1 aliphatic rings. The summed E-state index contributed by atoms with van der Waals surface area (Å²) in [6.07, 6.45) is 5.28. The van der Waals surface area contributed by atoms with Gasteiger partial charge in [-0.2, -0.15) is 0 Å². The van der Waals surface area contributed by atoms with E-state index in [-0.39, 0.29) is 11.9 Å². The van der Waals surface area contributed by atoms with Gasteiger partial charge in [-0.05, 0) is 39.5 Å². The number of hydrogen-bond acceptors (Lipinski definition) is 5. The monoisotopic (exact) mass is 310 g/mol. The highest BCUT2D eigenvalue weighted by atomic mass is 32.1. The molecule has 0 N–H and O–H groups in total. The normalized spacial score (nSPS) is 19.0. The Kier molecular flexibility index (Phi) is 5.62. The number of anilines is 1. The minimum Gasteiger partial charge on any atom is -0.465 e. The van der Waals surface area contributed by atoms with Gasteiger partial charge in [0.15, 0.2) is 5.13 Å². The first kappa shape index (κ1) is 16.3. The van der Waals surface area contributed by atoms with E-state index in [4.69, 9.17) is 9.72 Å². The predicted octanol–water partition coefficient (Wildman–Crippen LogP) is 3.75. The Hall–Kier alpha value is -1.10. The zero-order valence-electron chi connectivity index (χ0n) is 13.5. The van der Waals surface area contributed by atoms with E-state index in [2.05, 4.69) is 25.8 Å². The Morgan fingerprint density at radius 2 is 2.29 bits per heavy atom. The van der Waals surface area contributed by atoms with Crippen molar-refractivity contribution in [1.29, 1.82) is 0 Å². The summed E-state index contributed by atoms with van der Waals surface area (Å²) < 4.78 is 5.21. The fourth-order valence-electron chi connectivity index (χ4n) is 2.83. The maximum absolute atomic E-state index is 12.1. The highest BCUT2D eigenvalue weighted by molar-refractivity contribution is 7.15. The molecule has 0 saturated heterocycles. The summed E-state index contributed by atoms with van der Waals surface area (Å²) in [6.45, 7) is 6.73. The molecule has 0 spiro atoms.